The predicted octanol–water partition coefficient (Wildman–Crippen LogP) is 1.41. The number of nitrogens with one attached hydrogen (secondary N) is 1. The van der Waals surface area contributed by atoms with Crippen LogP contribution in [0.3, 0.4) is 0 Å². The maximum Gasteiger partial charge on any atom is 0.169 e. The molecule has 0 atom stereocenters. The van der Waals surface area contributed by atoms with Gasteiger partial charge in [-0.1, -0.05) is 0 Å². The zero-order chi connectivity index (χ0) is 13.0. The maximum atomic E-state index is 5.81. The van der Waals surface area contributed by atoms with Gasteiger partial charge < -0.3 is 15.8 Å². The van der Waals surface area contributed by atoms with E-state index in [1.807, 2.05) is 32.2 Å². The van der Waals surface area contributed by atoms with Crippen molar-refractivity contribution in [1.82, 2.24) is 14.8 Å². The molecule has 1 aromatic carbocycles. The van der Waals surface area contributed by atoms with E-state index in [-0.39, 0.29) is 0 Å². The molecule has 0 saturated carbocycles. The molecule has 0 bridgehead atoms. The molecule has 2 rings (SSSR count). The Morgan fingerprint density at radius 3 is 2.94 bits per heavy atom. The molecule has 1 aromatic heterocycles. The predicted molar refractivity (Wildman–Crippen MR) is 70.4 cm³/mol. The lowest BCUT2D eigenvalue weighted by atomic mass is 10.2. The number of anilines is 2. The largest absolute Gasteiger partial charge is 0.492 e. The van der Waals surface area contributed by atoms with Gasteiger partial charge >= 0.3 is 0 Å². The number of aromatic nitrogens is 3. The molecule has 0 radical (unpaired) electrons. The summed E-state index contributed by atoms with van der Waals surface area (Å²) in [7, 11) is 1.84. The van der Waals surface area contributed by atoms with Crippen LogP contribution in [0.5, 0.6) is 5.75 Å². The van der Waals surface area contributed by atoms with Crippen LogP contribution in [0.2, 0.25) is 0 Å². The maximum absolute atomic E-state index is 5.81. The SMILES string of the molecule is CCOc1cc(NCc2ncn(C)n2)ccc1N. The summed E-state index contributed by atoms with van der Waals surface area (Å²) in [5, 5.41) is 7.42. The topological polar surface area (TPSA) is 78.0 Å². The third-order valence-corrected chi connectivity index (χ3v) is 2.41. The highest BCUT2D eigenvalue weighted by Gasteiger charge is 2.03. The number of nitrogens with two attached hydrogens (primary N) is 1. The van der Waals surface area contributed by atoms with Gasteiger partial charge in [0.1, 0.15) is 12.1 Å². The minimum absolute atomic E-state index is 0.566. The first-order valence-electron chi connectivity index (χ1n) is 5.79. The molecule has 0 unspecified atom stereocenters. The van der Waals surface area contributed by atoms with Crippen LogP contribution in [-0.4, -0.2) is 21.4 Å². The number of nitrogens with zero attached hydrogens (tertiary/aromatic N) is 3. The van der Waals surface area contributed by atoms with E-state index in [0.29, 0.717) is 24.6 Å². The Labute approximate surface area is 106 Å². The first kappa shape index (κ1) is 12.2. The summed E-state index contributed by atoms with van der Waals surface area (Å²) >= 11 is 0. The number of benzene rings is 1. The number of ether oxygens (including phenoxy) is 1. The number of nitrogen functional groups attached to an aromatic ring is 1. The average Bonchev–Trinajstić information content (AvgIpc) is 2.76. The molecule has 0 saturated heterocycles. The van der Waals surface area contributed by atoms with Gasteiger partial charge in [0.25, 0.3) is 0 Å². The molecule has 3 N–H and O–H groups in total. The number of hydrogen-bond acceptors (Lipinski definition) is 5. The summed E-state index contributed by atoms with van der Waals surface area (Å²) in [4.78, 5) is 4.14. The minimum atomic E-state index is 0.566. The van der Waals surface area contributed by atoms with Crippen molar-refractivity contribution in [3.63, 3.8) is 0 Å². The van der Waals surface area contributed by atoms with E-state index in [2.05, 4.69) is 15.4 Å². The van der Waals surface area contributed by atoms with Crippen molar-refractivity contribution in [2.24, 2.45) is 7.05 Å². The van der Waals surface area contributed by atoms with Crippen molar-refractivity contribution >= 4 is 11.4 Å². The van der Waals surface area contributed by atoms with Gasteiger partial charge in [-0.15, -0.1) is 0 Å². The lowest BCUT2D eigenvalue weighted by Gasteiger charge is -2.10. The van der Waals surface area contributed by atoms with E-state index in [1.165, 1.54) is 0 Å². The van der Waals surface area contributed by atoms with Crippen LogP contribution in [0, 0.1) is 0 Å². The van der Waals surface area contributed by atoms with Gasteiger partial charge in [-0.25, -0.2) is 4.98 Å². The highest BCUT2D eigenvalue weighted by atomic mass is 16.5. The number of hydrogen-bond donors (Lipinski definition) is 2. The fourth-order valence-corrected chi connectivity index (χ4v) is 1.57. The van der Waals surface area contributed by atoms with Crippen LogP contribution in [-0.2, 0) is 13.6 Å². The molecular weight excluding hydrogens is 230 g/mol. The Bertz CT molecular complexity index is 523. The van der Waals surface area contributed by atoms with Crippen molar-refractivity contribution in [3.05, 3.63) is 30.4 Å². The highest BCUT2D eigenvalue weighted by molar-refractivity contribution is 5.61. The number of rotatable bonds is 5. The second-order valence-electron chi connectivity index (χ2n) is 3.87. The van der Waals surface area contributed by atoms with Crippen molar-refractivity contribution < 1.29 is 4.74 Å². The van der Waals surface area contributed by atoms with Gasteiger partial charge in [-0.3, -0.25) is 4.68 Å². The third kappa shape index (κ3) is 2.91. The summed E-state index contributed by atoms with van der Waals surface area (Å²) < 4.78 is 7.11. The monoisotopic (exact) mass is 247 g/mol. The van der Waals surface area contributed by atoms with Gasteiger partial charge in [0, 0.05) is 18.8 Å². The molecule has 0 aliphatic rings. The van der Waals surface area contributed by atoms with Gasteiger partial charge in [0.2, 0.25) is 0 Å². The Balaban J connectivity index is 2.03. The minimum Gasteiger partial charge on any atom is -0.492 e. The van der Waals surface area contributed by atoms with Gasteiger partial charge in [-0.2, -0.15) is 5.10 Å². The molecule has 1 heterocycles. The molecule has 0 aliphatic heterocycles. The standard InChI is InChI=1S/C12H17N5O/c1-3-18-11-6-9(4-5-10(11)13)14-7-12-15-8-17(2)16-12/h4-6,8,14H,3,7,13H2,1-2H3. The Kier molecular flexibility index (Phi) is 3.66. The second kappa shape index (κ2) is 5.39. The van der Waals surface area contributed by atoms with Crippen molar-refractivity contribution in [3.8, 4) is 5.75 Å². The summed E-state index contributed by atoms with van der Waals surface area (Å²) in [5.74, 6) is 1.43. The molecule has 96 valence electrons. The number of aryl methyl sites for hydroxylation is 1. The van der Waals surface area contributed by atoms with Crippen LogP contribution >= 0.6 is 0 Å². The van der Waals surface area contributed by atoms with E-state index >= 15 is 0 Å². The van der Waals surface area contributed by atoms with E-state index in [1.54, 1.807) is 11.0 Å². The summed E-state index contributed by atoms with van der Waals surface area (Å²) in [6.07, 6.45) is 1.67. The summed E-state index contributed by atoms with van der Waals surface area (Å²) in [6, 6.07) is 5.60. The Morgan fingerprint density at radius 1 is 1.44 bits per heavy atom. The van der Waals surface area contributed by atoms with Crippen LogP contribution in [0.4, 0.5) is 11.4 Å². The molecule has 6 heteroatoms. The van der Waals surface area contributed by atoms with Gasteiger partial charge in [-0.05, 0) is 19.1 Å². The van der Waals surface area contributed by atoms with E-state index in [0.717, 1.165) is 11.5 Å². The lowest BCUT2D eigenvalue weighted by Crippen LogP contribution is -2.03. The van der Waals surface area contributed by atoms with Crippen molar-refractivity contribution in [2.75, 3.05) is 17.7 Å². The molecule has 0 amide bonds. The molecule has 0 aliphatic carbocycles. The summed E-state index contributed by atoms with van der Waals surface area (Å²) in [5.41, 5.74) is 7.37. The van der Waals surface area contributed by atoms with Crippen LogP contribution in [0.1, 0.15) is 12.7 Å². The molecular formula is C12H17N5O. The normalized spacial score (nSPS) is 10.3. The zero-order valence-electron chi connectivity index (χ0n) is 10.6. The molecule has 18 heavy (non-hydrogen) atoms. The fraction of sp³-hybridized carbons (Fsp3) is 0.333. The van der Waals surface area contributed by atoms with E-state index in [4.69, 9.17) is 10.5 Å². The van der Waals surface area contributed by atoms with Gasteiger partial charge in [0.15, 0.2) is 5.82 Å². The van der Waals surface area contributed by atoms with Crippen LogP contribution in [0.25, 0.3) is 0 Å². The van der Waals surface area contributed by atoms with E-state index in [9.17, 15) is 0 Å². The second-order valence-corrected chi connectivity index (χ2v) is 3.87. The average molecular weight is 247 g/mol. The first-order chi connectivity index (χ1) is 8.69. The van der Waals surface area contributed by atoms with Crippen LogP contribution < -0.4 is 15.8 Å². The summed E-state index contributed by atoms with van der Waals surface area (Å²) in [6.45, 7) is 3.09. The quantitative estimate of drug-likeness (QED) is 0.781. The lowest BCUT2D eigenvalue weighted by molar-refractivity contribution is 0.342. The molecule has 0 spiro atoms. The van der Waals surface area contributed by atoms with Crippen molar-refractivity contribution in [1.29, 1.82) is 0 Å². The van der Waals surface area contributed by atoms with Crippen LogP contribution in [0.15, 0.2) is 24.5 Å². The molecule has 0 fully saturated rings. The van der Waals surface area contributed by atoms with Gasteiger partial charge in [0.05, 0.1) is 18.8 Å². The molecule has 2 aromatic rings. The Morgan fingerprint density at radius 2 is 2.28 bits per heavy atom. The molecule has 6 nitrogen and oxygen atoms in total. The smallest absolute Gasteiger partial charge is 0.169 e. The first-order valence-corrected chi connectivity index (χ1v) is 5.79. The zero-order valence-corrected chi connectivity index (χ0v) is 10.6. The van der Waals surface area contributed by atoms with E-state index < -0.39 is 0 Å². The Hall–Kier alpha value is -2.24. The fourth-order valence-electron chi connectivity index (χ4n) is 1.57. The highest BCUT2D eigenvalue weighted by Crippen LogP contribution is 2.25. The third-order valence-electron chi connectivity index (χ3n) is 2.41. The van der Waals surface area contributed by atoms with Crippen molar-refractivity contribution in [2.45, 2.75) is 13.5 Å².